The fraction of sp³-hybridized carbons (Fsp3) is 1.00. The van der Waals surface area contributed by atoms with E-state index in [1.54, 1.807) is 0 Å². The van der Waals surface area contributed by atoms with Crippen LogP contribution in [0.15, 0.2) is 0 Å². The van der Waals surface area contributed by atoms with Crippen LogP contribution >= 0.6 is 6.49 Å². The van der Waals surface area contributed by atoms with Crippen molar-refractivity contribution in [3.05, 3.63) is 0 Å². The van der Waals surface area contributed by atoms with Gasteiger partial charge in [0.15, 0.2) is 6.49 Å². The van der Waals surface area contributed by atoms with Crippen molar-refractivity contribution in [1.82, 2.24) is 30.6 Å². The third kappa shape index (κ3) is 6.01. The highest BCUT2D eigenvalue weighted by atomic mass is 32.4. The molecule has 0 bridgehead atoms. The molecule has 3 fully saturated rings. The van der Waals surface area contributed by atoms with E-state index in [1.165, 1.54) is 57.8 Å². The largest absolute Gasteiger partial charge is 0.238 e. The highest BCUT2D eigenvalue weighted by Crippen LogP contribution is 2.35. The molecular formula is C15H33N6PS. The van der Waals surface area contributed by atoms with Gasteiger partial charge in [0.25, 0.3) is 0 Å². The number of hydrazine groups is 3. The van der Waals surface area contributed by atoms with Crippen molar-refractivity contribution in [2.75, 3.05) is 39.3 Å². The number of rotatable bonds is 6. The van der Waals surface area contributed by atoms with E-state index < -0.39 is 6.49 Å². The molecule has 0 aromatic heterocycles. The van der Waals surface area contributed by atoms with Crippen LogP contribution in [0.4, 0.5) is 0 Å². The lowest BCUT2D eigenvalue weighted by atomic mass is 10.2. The zero-order valence-corrected chi connectivity index (χ0v) is 16.0. The maximum Gasteiger partial charge on any atom is 0.177 e. The SMILES string of the molecule is S=P(NN1CCCCC1)(NN1CCCCC1)NN1CCCCC1. The molecule has 134 valence electrons. The van der Waals surface area contributed by atoms with Gasteiger partial charge < -0.3 is 0 Å². The highest BCUT2D eigenvalue weighted by Gasteiger charge is 2.27. The van der Waals surface area contributed by atoms with Crippen LogP contribution in [0.5, 0.6) is 0 Å². The summed E-state index contributed by atoms with van der Waals surface area (Å²) in [4.78, 5) is 0. The quantitative estimate of drug-likeness (QED) is 0.628. The van der Waals surface area contributed by atoms with Crippen molar-refractivity contribution < 1.29 is 0 Å². The first-order valence-electron chi connectivity index (χ1n) is 9.42. The first-order valence-corrected chi connectivity index (χ1v) is 12.2. The van der Waals surface area contributed by atoms with Crippen molar-refractivity contribution in [3.63, 3.8) is 0 Å². The van der Waals surface area contributed by atoms with Crippen LogP contribution in [0.2, 0.25) is 0 Å². The number of nitrogens with zero attached hydrogens (tertiary/aromatic N) is 3. The summed E-state index contributed by atoms with van der Waals surface area (Å²) in [5, 5.41) is 18.1. The Kier molecular flexibility index (Phi) is 7.29. The number of hydrogen-bond acceptors (Lipinski definition) is 4. The van der Waals surface area contributed by atoms with Crippen molar-refractivity contribution in [2.24, 2.45) is 0 Å². The van der Waals surface area contributed by atoms with Gasteiger partial charge in [-0.15, -0.1) is 0 Å². The van der Waals surface area contributed by atoms with Crippen LogP contribution in [0.25, 0.3) is 0 Å². The Morgan fingerprint density at radius 2 is 0.739 bits per heavy atom. The first kappa shape index (κ1) is 18.2. The lowest BCUT2D eigenvalue weighted by Gasteiger charge is -2.41. The minimum absolute atomic E-state index is 1.11. The Labute approximate surface area is 146 Å². The van der Waals surface area contributed by atoms with Gasteiger partial charge >= 0.3 is 0 Å². The van der Waals surface area contributed by atoms with Gasteiger partial charge in [0.2, 0.25) is 0 Å². The van der Waals surface area contributed by atoms with E-state index in [1.807, 2.05) is 0 Å². The molecule has 6 nitrogen and oxygen atoms in total. The second kappa shape index (κ2) is 9.20. The molecule has 0 amide bonds. The predicted octanol–water partition coefficient (Wildman–Crippen LogP) is 2.18. The molecule has 3 saturated heterocycles. The van der Waals surface area contributed by atoms with E-state index in [-0.39, 0.29) is 0 Å². The van der Waals surface area contributed by atoms with Gasteiger partial charge in [-0.3, -0.25) is 0 Å². The number of piperidine rings is 3. The van der Waals surface area contributed by atoms with Gasteiger partial charge in [-0.1, -0.05) is 19.3 Å². The minimum Gasteiger partial charge on any atom is -0.238 e. The summed E-state index contributed by atoms with van der Waals surface area (Å²) in [5.41, 5.74) is 0. The number of nitrogens with one attached hydrogen (secondary N) is 3. The summed E-state index contributed by atoms with van der Waals surface area (Å²) in [6.07, 6.45) is 11.7. The summed E-state index contributed by atoms with van der Waals surface area (Å²) < 4.78 is 0. The van der Waals surface area contributed by atoms with Crippen LogP contribution in [-0.4, -0.2) is 54.3 Å². The molecule has 0 aliphatic carbocycles. The summed E-state index contributed by atoms with van der Waals surface area (Å²) in [7, 11) is 0. The van der Waals surface area contributed by atoms with Gasteiger partial charge in [-0.25, -0.2) is 15.0 Å². The molecule has 3 aliphatic heterocycles. The topological polar surface area (TPSA) is 45.8 Å². The second-order valence-corrected chi connectivity index (χ2v) is 10.5. The Balaban J connectivity index is 1.61. The van der Waals surface area contributed by atoms with Crippen LogP contribution in [-0.2, 0) is 11.8 Å². The van der Waals surface area contributed by atoms with Crippen LogP contribution in [0.1, 0.15) is 57.8 Å². The third-order valence-corrected chi connectivity index (χ3v) is 7.34. The number of hydrogen-bond donors (Lipinski definition) is 3. The molecule has 0 aromatic rings. The molecule has 0 aromatic carbocycles. The van der Waals surface area contributed by atoms with Gasteiger partial charge in [0.05, 0.1) is 0 Å². The van der Waals surface area contributed by atoms with Gasteiger partial charge in [-0.05, 0) is 50.3 Å². The highest BCUT2D eigenvalue weighted by molar-refractivity contribution is 8.11. The molecule has 3 aliphatic rings. The van der Waals surface area contributed by atoms with E-state index in [4.69, 9.17) is 11.8 Å². The van der Waals surface area contributed by atoms with E-state index in [0.717, 1.165) is 39.3 Å². The minimum atomic E-state index is -2.06. The molecule has 3 heterocycles. The summed E-state index contributed by atoms with van der Waals surface area (Å²) in [6.45, 7) is 4.61. The predicted molar refractivity (Wildman–Crippen MR) is 100.0 cm³/mol. The average Bonchev–Trinajstić information content (AvgIpc) is 2.57. The summed E-state index contributed by atoms with van der Waals surface area (Å²) >= 11 is 6.10. The molecule has 0 atom stereocenters. The van der Waals surface area contributed by atoms with E-state index in [2.05, 4.69) is 30.6 Å². The van der Waals surface area contributed by atoms with Crippen molar-refractivity contribution in [2.45, 2.75) is 57.8 Å². The molecule has 3 N–H and O–H groups in total. The molecule has 8 heteroatoms. The van der Waals surface area contributed by atoms with Crippen molar-refractivity contribution in [3.8, 4) is 0 Å². The molecule has 0 radical (unpaired) electrons. The molecular weight excluding hydrogens is 327 g/mol. The van der Waals surface area contributed by atoms with Gasteiger partial charge in [0, 0.05) is 39.3 Å². The smallest absolute Gasteiger partial charge is 0.177 e. The van der Waals surface area contributed by atoms with Crippen LogP contribution in [0, 0.1) is 0 Å². The Hall–Kier alpha value is 0.410. The fourth-order valence-corrected chi connectivity index (χ4v) is 6.61. The second-order valence-electron chi connectivity index (χ2n) is 7.05. The zero-order valence-electron chi connectivity index (χ0n) is 14.3. The van der Waals surface area contributed by atoms with Crippen LogP contribution in [0.3, 0.4) is 0 Å². The van der Waals surface area contributed by atoms with Crippen molar-refractivity contribution >= 4 is 18.3 Å². The Bertz CT molecular complexity index is 334. The molecule has 0 unspecified atom stereocenters. The third-order valence-electron chi connectivity index (χ3n) is 4.91. The maximum atomic E-state index is 6.10. The van der Waals surface area contributed by atoms with Crippen LogP contribution < -0.4 is 15.6 Å². The standard InChI is InChI=1S/C15H33N6PS/c23-22(16-19-10-4-1-5-11-19,17-20-12-6-2-7-13-20)18-21-14-8-3-9-15-21/h1-15H2,(H3,16,17,18,23). The first-order chi connectivity index (χ1) is 11.2. The lowest BCUT2D eigenvalue weighted by Crippen LogP contribution is -2.54. The molecule has 23 heavy (non-hydrogen) atoms. The average molecular weight is 361 g/mol. The van der Waals surface area contributed by atoms with E-state index in [9.17, 15) is 0 Å². The zero-order chi connectivity index (χ0) is 16.0. The Morgan fingerprint density at radius 3 is 1.00 bits per heavy atom. The Morgan fingerprint density at radius 1 is 0.478 bits per heavy atom. The van der Waals surface area contributed by atoms with Crippen molar-refractivity contribution in [1.29, 1.82) is 0 Å². The normalized spacial score (nSPS) is 26.4. The van der Waals surface area contributed by atoms with E-state index >= 15 is 0 Å². The van der Waals surface area contributed by atoms with Gasteiger partial charge in [-0.2, -0.15) is 15.6 Å². The summed E-state index contributed by atoms with van der Waals surface area (Å²) in [5.74, 6) is 0. The van der Waals surface area contributed by atoms with E-state index in [0.29, 0.717) is 0 Å². The monoisotopic (exact) mass is 360 g/mol. The summed E-state index contributed by atoms with van der Waals surface area (Å²) in [6, 6.07) is 0. The maximum absolute atomic E-state index is 6.10. The molecule has 3 rings (SSSR count). The lowest BCUT2D eigenvalue weighted by molar-refractivity contribution is 0.161. The molecule has 0 spiro atoms. The fourth-order valence-electron chi connectivity index (χ4n) is 3.65. The van der Waals surface area contributed by atoms with Gasteiger partial charge in [0.1, 0.15) is 0 Å². The molecule has 0 saturated carbocycles.